The summed E-state index contributed by atoms with van der Waals surface area (Å²) in [6, 6.07) is 6.81. The Bertz CT molecular complexity index is 392. The Balaban J connectivity index is 2.38. The Morgan fingerprint density at radius 1 is 1.53 bits per heavy atom. The van der Waals surface area contributed by atoms with Gasteiger partial charge >= 0.3 is 0 Å². The molecule has 2 rings (SSSR count). The molecular weight excluding hydrogens is 212 g/mol. The van der Waals surface area contributed by atoms with Crippen LogP contribution in [0.3, 0.4) is 0 Å². The zero-order valence-electron chi connectivity index (χ0n) is 10.9. The quantitative estimate of drug-likeness (QED) is 0.871. The Morgan fingerprint density at radius 2 is 2.29 bits per heavy atom. The van der Waals surface area contributed by atoms with Crippen LogP contribution >= 0.6 is 0 Å². The largest absolute Gasteiger partial charge is 0.487 e. The molecule has 3 nitrogen and oxygen atoms in total. The highest BCUT2D eigenvalue weighted by molar-refractivity contribution is 5.62. The van der Waals surface area contributed by atoms with Crippen LogP contribution < -0.4 is 15.4 Å². The van der Waals surface area contributed by atoms with E-state index in [1.54, 1.807) is 0 Å². The first-order chi connectivity index (χ1) is 8.15. The molecule has 0 aliphatic carbocycles. The van der Waals surface area contributed by atoms with Gasteiger partial charge < -0.3 is 15.4 Å². The normalized spacial score (nSPS) is 20.7. The van der Waals surface area contributed by atoms with E-state index in [4.69, 9.17) is 10.5 Å². The highest BCUT2D eigenvalue weighted by Gasteiger charge is 2.25. The molecule has 0 saturated carbocycles. The number of anilines is 1. The summed E-state index contributed by atoms with van der Waals surface area (Å²) in [5.74, 6) is 0.987. The van der Waals surface area contributed by atoms with Crippen LogP contribution in [0.1, 0.15) is 26.3 Å². The molecule has 0 fully saturated rings. The van der Waals surface area contributed by atoms with E-state index < -0.39 is 0 Å². The van der Waals surface area contributed by atoms with E-state index in [0.29, 0.717) is 12.6 Å². The Hall–Kier alpha value is -1.22. The molecule has 1 heterocycles. The van der Waals surface area contributed by atoms with Crippen molar-refractivity contribution in [1.82, 2.24) is 0 Å². The van der Waals surface area contributed by atoms with E-state index in [1.807, 2.05) is 0 Å². The highest BCUT2D eigenvalue weighted by atomic mass is 16.5. The molecule has 94 valence electrons. The molecule has 2 N–H and O–H groups in total. The third kappa shape index (κ3) is 2.39. The molecule has 1 aromatic rings. The van der Waals surface area contributed by atoms with Gasteiger partial charge in [-0.3, -0.25) is 0 Å². The predicted octanol–water partition coefficient (Wildman–Crippen LogP) is 2.18. The van der Waals surface area contributed by atoms with Crippen LogP contribution in [0.4, 0.5) is 5.69 Å². The third-order valence-corrected chi connectivity index (χ3v) is 3.40. The number of hydrogen-bond donors (Lipinski definition) is 1. The highest BCUT2D eigenvalue weighted by Crippen LogP contribution is 2.35. The summed E-state index contributed by atoms with van der Waals surface area (Å²) >= 11 is 0. The van der Waals surface area contributed by atoms with Crippen LogP contribution in [0.25, 0.3) is 0 Å². The first kappa shape index (κ1) is 12.2. The molecule has 3 heteroatoms. The maximum absolute atomic E-state index is 5.87. The molecule has 0 bridgehead atoms. The minimum Gasteiger partial charge on any atom is -0.487 e. The lowest BCUT2D eigenvalue weighted by Crippen LogP contribution is -2.46. The monoisotopic (exact) mass is 234 g/mol. The lowest BCUT2D eigenvalue weighted by molar-refractivity contribution is 0.208. The number of nitrogens with two attached hydrogens (primary N) is 1. The van der Waals surface area contributed by atoms with Gasteiger partial charge in [-0.15, -0.1) is 0 Å². The van der Waals surface area contributed by atoms with Gasteiger partial charge in [0.15, 0.2) is 0 Å². The Morgan fingerprint density at radius 3 is 2.94 bits per heavy atom. The molecule has 1 aliphatic heterocycles. The van der Waals surface area contributed by atoms with E-state index in [1.165, 1.54) is 11.3 Å². The van der Waals surface area contributed by atoms with Crippen LogP contribution in [0.15, 0.2) is 18.2 Å². The van der Waals surface area contributed by atoms with Crippen LogP contribution in [-0.2, 0) is 6.42 Å². The van der Waals surface area contributed by atoms with Crippen molar-refractivity contribution in [3.63, 3.8) is 0 Å². The van der Waals surface area contributed by atoms with E-state index in [0.717, 1.165) is 18.7 Å². The second-order valence-corrected chi connectivity index (χ2v) is 4.82. The van der Waals surface area contributed by atoms with Crippen LogP contribution in [0, 0.1) is 0 Å². The number of nitrogens with zero attached hydrogens (tertiary/aromatic N) is 1. The Kier molecular flexibility index (Phi) is 3.57. The van der Waals surface area contributed by atoms with Crippen molar-refractivity contribution >= 4 is 5.69 Å². The second-order valence-electron chi connectivity index (χ2n) is 4.82. The summed E-state index contributed by atoms with van der Waals surface area (Å²) in [5, 5.41) is 0. The SMILES string of the molecule is CCc1ccc2c(c1)N(C(C)CN)CC(C)O2. The van der Waals surface area contributed by atoms with Gasteiger partial charge in [-0.25, -0.2) is 0 Å². The zero-order chi connectivity index (χ0) is 12.4. The molecular formula is C14H22N2O. The minimum atomic E-state index is 0.226. The van der Waals surface area contributed by atoms with Crippen molar-refractivity contribution in [2.75, 3.05) is 18.0 Å². The summed E-state index contributed by atoms with van der Waals surface area (Å²) in [4.78, 5) is 2.36. The van der Waals surface area contributed by atoms with Gasteiger partial charge in [-0.05, 0) is 38.0 Å². The molecule has 1 aromatic carbocycles. The number of benzene rings is 1. The molecule has 1 aliphatic rings. The van der Waals surface area contributed by atoms with Crippen molar-refractivity contribution in [2.45, 2.75) is 39.3 Å². The molecule has 0 amide bonds. The third-order valence-electron chi connectivity index (χ3n) is 3.40. The van der Waals surface area contributed by atoms with Crippen molar-refractivity contribution in [1.29, 1.82) is 0 Å². The molecule has 17 heavy (non-hydrogen) atoms. The van der Waals surface area contributed by atoms with Gasteiger partial charge in [0.2, 0.25) is 0 Å². The molecule has 0 saturated heterocycles. The van der Waals surface area contributed by atoms with Crippen molar-refractivity contribution < 1.29 is 4.74 Å². The van der Waals surface area contributed by atoms with Crippen molar-refractivity contribution in [3.8, 4) is 5.75 Å². The maximum atomic E-state index is 5.87. The Labute approximate surface area is 104 Å². The van der Waals surface area contributed by atoms with Gasteiger partial charge in [0.25, 0.3) is 0 Å². The molecule has 2 unspecified atom stereocenters. The van der Waals surface area contributed by atoms with Crippen molar-refractivity contribution in [3.05, 3.63) is 23.8 Å². The molecule has 0 spiro atoms. The summed E-state index contributed by atoms with van der Waals surface area (Å²) in [7, 11) is 0. The standard InChI is InChI=1S/C14H22N2O/c1-4-12-5-6-14-13(7-12)16(10(2)8-15)9-11(3)17-14/h5-7,10-11H,4,8-9,15H2,1-3H3. The van der Waals surface area contributed by atoms with Gasteiger partial charge in [-0.1, -0.05) is 13.0 Å². The average Bonchev–Trinajstić information content (AvgIpc) is 2.36. The topological polar surface area (TPSA) is 38.5 Å². The number of aryl methyl sites for hydroxylation is 1. The second kappa shape index (κ2) is 4.96. The first-order valence-corrected chi connectivity index (χ1v) is 6.42. The zero-order valence-corrected chi connectivity index (χ0v) is 10.9. The van der Waals surface area contributed by atoms with E-state index in [9.17, 15) is 0 Å². The summed E-state index contributed by atoms with van der Waals surface area (Å²) < 4.78 is 5.87. The molecule has 0 radical (unpaired) electrons. The van der Waals surface area contributed by atoms with Crippen LogP contribution in [0.2, 0.25) is 0 Å². The molecule has 2 atom stereocenters. The van der Waals surface area contributed by atoms with Crippen LogP contribution in [0.5, 0.6) is 5.75 Å². The van der Waals surface area contributed by atoms with E-state index >= 15 is 0 Å². The number of hydrogen-bond acceptors (Lipinski definition) is 3. The fraction of sp³-hybridized carbons (Fsp3) is 0.571. The lowest BCUT2D eigenvalue weighted by atomic mass is 10.1. The predicted molar refractivity (Wildman–Crippen MR) is 71.8 cm³/mol. The lowest BCUT2D eigenvalue weighted by Gasteiger charge is -2.38. The van der Waals surface area contributed by atoms with Gasteiger partial charge in [-0.2, -0.15) is 0 Å². The number of ether oxygens (including phenoxy) is 1. The summed E-state index contributed by atoms with van der Waals surface area (Å²) in [6.45, 7) is 8.03. The summed E-state index contributed by atoms with van der Waals surface area (Å²) in [6.07, 6.45) is 1.28. The fourth-order valence-corrected chi connectivity index (χ4v) is 2.28. The van der Waals surface area contributed by atoms with Gasteiger partial charge in [0.05, 0.1) is 12.2 Å². The average molecular weight is 234 g/mol. The smallest absolute Gasteiger partial charge is 0.143 e. The number of rotatable bonds is 3. The fourth-order valence-electron chi connectivity index (χ4n) is 2.28. The maximum Gasteiger partial charge on any atom is 0.143 e. The van der Waals surface area contributed by atoms with Gasteiger partial charge in [0, 0.05) is 12.6 Å². The van der Waals surface area contributed by atoms with E-state index in [2.05, 4.69) is 43.9 Å². The van der Waals surface area contributed by atoms with Crippen molar-refractivity contribution in [2.24, 2.45) is 5.73 Å². The van der Waals surface area contributed by atoms with Gasteiger partial charge in [0.1, 0.15) is 11.9 Å². The van der Waals surface area contributed by atoms with Crippen LogP contribution in [-0.4, -0.2) is 25.2 Å². The minimum absolute atomic E-state index is 0.226. The molecule has 0 aromatic heterocycles. The van der Waals surface area contributed by atoms with E-state index in [-0.39, 0.29) is 6.10 Å². The summed E-state index contributed by atoms with van der Waals surface area (Å²) in [5.41, 5.74) is 8.33. The first-order valence-electron chi connectivity index (χ1n) is 6.42. The number of fused-ring (bicyclic) bond motifs is 1.